The van der Waals surface area contributed by atoms with E-state index in [4.69, 9.17) is 0 Å². The Kier molecular flexibility index (Phi) is 2.60. The second-order valence-electron chi connectivity index (χ2n) is 3.89. The van der Waals surface area contributed by atoms with Crippen LogP contribution >= 0.6 is 0 Å². The molecule has 3 nitrogen and oxygen atoms in total. The summed E-state index contributed by atoms with van der Waals surface area (Å²) in [6, 6.07) is 7.57. The van der Waals surface area contributed by atoms with Crippen LogP contribution in [0.3, 0.4) is 0 Å². The number of hydrogen-bond donors (Lipinski definition) is 0. The van der Waals surface area contributed by atoms with Crippen LogP contribution in [0, 0.1) is 13.8 Å². The van der Waals surface area contributed by atoms with E-state index in [-0.39, 0.29) is 5.78 Å². The highest BCUT2D eigenvalue weighted by Gasteiger charge is 2.06. The van der Waals surface area contributed by atoms with Crippen molar-refractivity contribution in [3.63, 3.8) is 0 Å². The molecule has 1 aromatic carbocycles. The smallest absolute Gasteiger partial charge is 0.159 e. The third-order valence-corrected chi connectivity index (χ3v) is 2.78. The third-order valence-electron chi connectivity index (χ3n) is 2.78. The normalized spacial score (nSPS) is 10.4. The quantitative estimate of drug-likeness (QED) is 0.720. The van der Waals surface area contributed by atoms with E-state index in [0.717, 1.165) is 22.6 Å². The maximum atomic E-state index is 11.3. The Hall–Kier alpha value is -1.90. The minimum absolute atomic E-state index is 0.0799. The average Bonchev–Trinajstić information content (AvgIpc) is 2.60. The van der Waals surface area contributed by atoms with Crippen molar-refractivity contribution in [2.24, 2.45) is 0 Å². The molecule has 2 aromatic rings. The number of benzene rings is 1. The highest BCUT2D eigenvalue weighted by molar-refractivity contribution is 5.94. The summed E-state index contributed by atoms with van der Waals surface area (Å²) in [6.07, 6.45) is 1.78. The lowest BCUT2D eigenvalue weighted by Crippen LogP contribution is -1.98. The van der Waals surface area contributed by atoms with E-state index in [1.807, 2.05) is 42.7 Å². The van der Waals surface area contributed by atoms with Gasteiger partial charge in [-0.2, -0.15) is 0 Å². The van der Waals surface area contributed by atoms with Gasteiger partial charge in [0, 0.05) is 16.9 Å². The maximum absolute atomic E-state index is 11.3. The molecule has 82 valence electrons. The van der Waals surface area contributed by atoms with Crippen LogP contribution in [-0.2, 0) is 0 Å². The van der Waals surface area contributed by atoms with Crippen molar-refractivity contribution in [1.29, 1.82) is 0 Å². The van der Waals surface area contributed by atoms with E-state index >= 15 is 0 Å². The summed E-state index contributed by atoms with van der Waals surface area (Å²) < 4.78 is 1.99. The molecule has 0 amide bonds. The van der Waals surface area contributed by atoms with Gasteiger partial charge in [0.15, 0.2) is 5.78 Å². The standard InChI is InChI=1S/C13H14N2O/c1-9-10(2)15(8-14-9)13-6-4-5-12(7-13)11(3)16/h4-8H,1-3H3. The molecule has 0 spiro atoms. The number of Topliss-reactive ketones (excluding diaryl/α,β-unsaturated/α-hetero) is 1. The van der Waals surface area contributed by atoms with Gasteiger partial charge in [-0.05, 0) is 32.9 Å². The van der Waals surface area contributed by atoms with Gasteiger partial charge in [-0.25, -0.2) is 4.98 Å². The van der Waals surface area contributed by atoms with Crippen LogP contribution < -0.4 is 0 Å². The largest absolute Gasteiger partial charge is 0.303 e. The van der Waals surface area contributed by atoms with E-state index in [1.54, 1.807) is 13.3 Å². The Morgan fingerprint density at radius 1 is 1.31 bits per heavy atom. The Morgan fingerprint density at radius 3 is 2.62 bits per heavy atom. The van der Waals surface area contributed by atoms with Crippen LogP contribution in [0.5, 0.6) is 0 Å². The molecule has 0 radical (unpaired) electrons. The zero-order valence-electron chi connectivity index (χ0n) is 9.69. The Bertz CT molecular complexity index is 541. The number of rotatable bonds is 2. The minimum Gasteiger partial charge on any atom is -0.303 e. The fourth-order valence-electron chi connectivity index (χ4n) is 1.63. The number of ketones is 1. The van der Waals surface area contributed by atoms with Gasteiger partial charge in [0.1, 0.15) is 0 Å². The van der Waals surface area contributed by atoms with Gasteiger partial charge in [0.2, 0.25) is 0 Å². The first kappa shape index (κ1) is 10.6. The molecular weight excluding hydrogens is 200 g/mol. The van der Waals surface area contributed by atoms with Crippen molar-refractivity contribution in [2.45, 2.75) is 20.8 Å². The van der Waals surface area contributed by atoms with Crippen LogP contribution in [0.1, 0.15) is 28.7 Å². The molecule has 0 saturated carbocycles. The van der Waals surface area contributed by atoms with Crippen LogP contribution in [0.25, 0.3) is 5.69 Å². The van der Waals surface area contributed by atoms with E-state index in [0.29, 0.717) is 0 Å². The third kappa shape index (κ3) is 1.76. The molecule has 16 heavy (non-hydrogen) atoms. The molecule has 0 aliphatic carbocycles. The number of hydrogen-bond acceptors (Lipinski definition) is 2. The molecule has 0 bridgehead atoms. The van der Waals surface area contributed by atoms with Crippen LogP contribution in [0.2, 0.25) is 0 Å². The van der Waals surface area contributed by atoms with Crippen molar-refractivity contribution >= 4 is 5.78 Å². The molecule has 3 heteroatoms. The number of aryl methyl sites for hydroxylation is 1. The van der Waals surface area contributed by atoms with Gasteiger partial charge in [0.05, 0.1) is 12.0 Å². The molecule has 0 atom stereocenters. The SMILES string of the molecule is CC(=O)c1cccc(-n2cnc(C)c2C)c1. The molecule has 0 aliphatic heterocycles. The van der Waals surface area contributed by atoms with Gasteiger partial charge >= 0.3 is 0 Å². The number of aromatic nitrogens is 2. The molecule has 0 fully saturated rings. The lowest BCUT2D eigenvalue weighted by molar-refractivity contribution is 0.101. The van der Waals surface area contributed by atoms with Crippen molar-refractivity contribution < 1.29 is 4.79 Å². The average molecular weight is 214 g/mol. The molecular formula is C13H14N2O. The summed E-state index contributed by atoms with van der Waals surface area (Å²) in [5.41, 5.74) is 3.81. The van der Waals surface area contributed by atoms with Gasteiger partial charge in [-0.3, -0.25) is 4.79 Å². The van der Waals surface area contributed by atoms with E-state index < -0.39 is 0 Å². The van der Waals surface area contributed by atoms with Crippen molar-refractivity contribution in [3.8, 4) is 5.69 Å². The predicted octanol–water partition coefficient (Wildman–Crippen LogP) is 2.69. The predicted molar refractivity (Wildman–Crippen MR) is 63.0 cm³/mol. The topological polar surface area (TPSA) is 34.9 Å². The van der Waals surface area contributed by atoms with E-state index in [9.17, 15) is 4.79 Å². The van der Waals surface area contributed by atoms with E-state index in [1.165, 1.54) is 0 Å². The summed E-state index contributed by atoms with van der Waals surface area (Å²) in [5.74, 6) is 0.0799. The van der Waals surface area contributed by atoms with Gasteiger partial charge in [0.25, 0.3) is 0 Å². The highest BCUT2D eigenvalue weighted by atomic mass is 16.1. The fraction of sp³-hybridized carbons (Fsp3) is 0.231. The Labute approximate surface area is 94.7 Å². The Balaban J connectivity index is 2.52. The summed E-state index contributed by atoms with van der Waals surface area (Å²) in [5, 5.41) is 0. The van der Waals surface area contributed by atoms with Crippen molar-refractivity contribution in [1.82, 2.24) is 9.55 Å². The second-order valence-corrected chi connectivity index (χ2v) is 3.89. The van der Waals surface area contributed by atoms with Crippen LogP contribution in [0.15, 0.2) is 30.6 Å². The molecule has 0 unspecified atom stereocenters. The van der Waals surface area contributed by atoms with Crippen molar-refractivity contribution in [3.05, 3.63) is 47.5 Å². The summed E-state index contributed by atoms with van der Waals surface area (Å²) in [6.45, 7) is 5.56. The minimum atomic E-state index is 0.0799. The van der Waals surface area contributed by atoms with Gasteiger partial charge < -0.3 is 4.57 Å². The number of imidazole rings is 1. The first-order valence-corrected chi connectivity index (χ1v) is 5.21. The van der Waals surface area contributed by atoms with E-state index in [2.05, 4.69) is 4.98 Å². The maximum Gasteiger partial charge on any atom is 0.159 e. The van der Waals surface area contributed by atoms with Crippen molar-refractivity contribution in [2.75, 3.05) is 0 Å². The Morgan fingerprint density at radius 2 is 2.06 bits per heavy atom. The number of nitrogens with zero attached hydrogens (tertiary/aromatic N) is 2. The molecule has 0 N–H and O–H groups in total. The molecule has 0 aliphatic rings. The first-order chi connectivity index (χ1) is 7.59. The van der Waals surface area contributed by atoms with Gasteiger partial charge in [-0.1, -0.05) is 12.1 Å². The highest BCUT2D eigenvalue weighted by Crippen LogP contribution is 2.15. The second kappa shape index (κ2) is 3.93. The molecule has 1 aromatic heterocycles. The number of carbonyl (C=O) groups excluding carboxylic acids is 1. The number of carbonyl (C=O) groups is 1. The van der Waals surface area contributed by atoms with Crippen LogP contribution in [-0.4, -0.2) is 15.3 Å². The first-order valence-electron chi connectivity index (χ1n) is 5.21. The zero-order valence-corrected chi connectivity index (χ0v) is 9.69. The lowest BCUT2D eigenvalue weighted by atomic mass is 10.1. The summed E-state index contributed by atoms with van der Waals surface area (Å²) in [7, 11) is 0. The summed E-state index contributed by atoms with van der Waals surface area (Å²) >= 11 is 0. The lowest BCUT2D eigenvalue weighted by Gasteiger charge is -2.06. The molecule has 1 heterocycles. The van der Waals surface area contributed by atoms with Gasteiger partial charge in [-0.15, -0.1) is 0 Å². The monoisotopic (exact) mass is 214 g/mol. The zero-order chi connectivity index (χ0) is 11.7. The van der Waals surface area contributed by atoms with Crippen LogP contribution in [0.4, 0.5) is 0 Å². The summed E-state index contributed by atoms with van der Waals surface area (Å²) in [4.78, 5) is 15.5. The molecule has 0 saturated heterocycles. The fourth-order valence-corrected chi connectivity index (χ4v) is 1.63. The molecule has 2 rings (SSSR count).